The van der Waals surface area contributed by atoms with Crippen molar-refractivity contribution >= 4 is 29.5 Å². The number of hydrogen-bond donors (Lipinski definition) is 3. The molecule has 0 spiro atoms. The third-order valence-electron chi connectivity index (χ3n) is 4.92. The van der Waals surface area contributed by atoms with Crippen LogP contribution in [0.3, 0.4) is 0 Å². The summed E-state index contributed by atoms with van der Waals surface area (Å²) in [5.74, 6) is -1.94. The van der Waals surface area contributed by atoms with Crippen molar-refractivity contribution in [1.29, 1.82) is 0 Å². The minimum Gasteiger partial charge on any atom is -0.480 e. The highest BCUT2D eigenvalue weighted by atomic mass is 32.2. The Balaban J connectivity index is 5.02. The van der Waals surface area contributed by atoms with E-state index in [1.165, 1.54) is 0 Å². The van der Waals surface area contributed by atoms with Crippen LogP contribution in [-0.2, 0) is 14.4 Å². The van der Waals surface area contributed by atoms with Gasteiger partial charge in [0.2, 0.25) is 11.8 Å². The molecule has 0 aromatic heterocycles. The Labute approximate surface area is 185 Å². The fraction of sp³-hybridized carbons (Fsp3) is 0.864. The number of carbonyl (C=O) groups is 3. The van der Waals surface area contributed by atoms with Crippen molar-refractivity contribution in [2.45, 2.75) is 103 Å². The minimum atomic E-state index is -1.26. The van der Waals surface area contributed by atoms with Crippen molar-refractivity contribution in [3.05, 3.63) is 0 Å². The smallest absolute Gasteiger partial charge is 0.327 e. The number of aliphatic hydroxyl groups excluding tert-OH is 2. The third-order valence-corrected chi connectivity index (χ3v) is 6.09. The Bertz CT molecular complexity index is 462. The van der Waals surface area contributed by atoms with Gasteiger partial charge in [0, 0.05) is 24.3 Å². The van der Waals surface area contributed by atoms with Gasteiger partial charge in [0.05, 0.1) is 12.7 Å². The Morgan fingerprint density at radius 1 is 0.800 bits per heavy atom. The van der Waals surface area contributed by atoms with Crippen LogP contribution in [0.2, 0.25) is 0 Å². The molecule has 0 bridgehead atoms. The number of carboxylic acid groups (broad SMARTS) is 1. The van der Waals surface area contributed by atoms with Gasteiger partial charge in [-0.1, -0.05) is 65.2 Å². The highest BCUT2D eigenvalue weighted by Gasteiger charge is 2.34. The van der Waals surface area contributed by atoms with E-state index >= 15 is 0 Å². The van der Waals surface area contributed by atoms with Crippen LogP contribution in [-0.4, -0.2) is 68.3 Å². The standard InChI is InChI=1S/C22H41NO6S/c1-3-5-7-9-11-13-20(26)23(21(27)14-12-10-8-6-4-2)19(22(28)29)17-30-16-18(25)15-24/h18-19,24-25H,3-17H2,1-2H3,(H,28,29). The first-order valence-corrected chi connectivity index (χ1v) is 12.5. The van der Waals surface area contributed by atoms with Crippen LogP contribution in [0.1, 0.15) is 90.9 Å². The predicted octanol–water partition coefficient (Wildman–Crippen LogP) is 3.60. The Kier molecular flexibility index (Phi) is 17.9. The van der Waals surface area contributed by atoms with Gasteiger partial charge in [-0.2, -0.15) is 11.8 Å². The zero-order valence-corrected chi connectivity index (χ0v) is 19.5. The molecule has 2 atom stereocenters. The maximum Gasteiger partial charge on any atom is 0.327 e. The number of nitrogens with zero attached hydrogens (tertiary/aromatic N) is 1. The molecule has 2 amide bonds. The molecular weight excluding hydrogens is 406 g/mol. The fourth-order valence-corrected chi connectivity index (χ4v) is 4.14. The van der Waals surface area contributed by atoms with E-state index in [9.17, 15) is 24.6 Å². The summed E-state index contributed by atoms with van der Waals surface area (Å²) in [6, 6.07) is -1.26. The molecule has 0 saturated heterocycles. The second-order valence-electron chi connectivity index (χ2n) is 7.71. The summed E-state index contributed by atoms with van der Waals surface area (Å²) in [5.41, 5.74) is 0. The number of amides is 2. The molecule has 0 saturated carbocycles. The molecule has 0 aliphatic rings. The number of thioether (sulfide) groups is 1. The SMILES string of the molecule is CCCCCCCC(=O)N(C(=O)CCCCCCC)C(CSCC(O)CO)C(=O)O. The number of rotatable bonds is 19. The van der Waals surface area contributed by atoms with E-state index in [1.54, 1.807) is 0 Å². The summed E-state index contributed by atoms with van der Waals surface area (Å²) in [7, 11) is 0. The topological polar surface area (TPSA) is 115 Å². The molecule has 2 unspecified atom stereocenters. The van der Waals surface area contributed by atoms with E-state index in [4.69, 9.17) is 5.11 Å². The second-order valence-corrected chi connectivity index (χ2v) is 8.79. The van der Waals surface area contributed by atoms with E-state index in [-0.39, 0.29) is 24.3 Å². The molecule has 176 valence electrons. The summed E-state index contributed by atoms with van der Waals surface area (Å²) >= 11 is 1.12. The third kappa shape index (κ3) is 13.2. The van der Waals surface area contributed by atoms with E-state index in [2.05, 4.69) is 13.8 Å². The molecule has 0 aromatic carbocycles. The van der Waals surface area contributed by atoms with Gasteiger partial charge in [0.25, 0.3) is 0 Å². The molecule has 0 fully saturated rings. The highest BCUT2D eigenvalue weighted by Crippen LogP contribution is 2.17. The van der Waals surface area contributed by atoms with Crippen molar-refractivity contribution in [2.24, 2.45) is 0 Å². The largest absolute Gasteiger partial charge is 0.480 e. The first-order chi connectivity index (χ1) is 14.4. The van der Waals surface area contributed by atoms with Gasteiger partial charge in [-0.15, -0.1) is 0 Å². The Hall–Kier alpha value is -1.12. The predicted molar refractivity (Wildman–Crippen MR) is 120 cm³/mol. The zero-order chi connectivity index (χ0) is 22.8. The fourth-order valence-electron chi connectivity index (χ4n) is 3.11. The lowest BCUT2D eigenvalue weighted by molar-refractivity contribution is -0.157. The van der Waals surface area contributed by atoms with Gasteiger partial charge in [0.1, 0.15) is 6.04 Å². The Morgan fingerprint density at radius 2 is 1.27 bits per heavy atom. The van der Waals surface area contributed by atoms with Crippen molar-refractivity contribution in [3.8, 4) is 0 Å². The van der Waals surface area contributed by atoms with Gasteiger partial charge in [0.15, 0.2) is 0 Å². The molecule has 0 heterocycles. The van der Waals surface area contributed by atoms with Crippen LogP contribution in [0, 0.1) is 0 Å². The molecule has 7 nitrogen and oxygen atoms in total. The van der Waals surface area contributed by atoms with E-state index in [0.717, 1.165) is 68.0 Å². The lowest BCUT2D eigenvalue weighted by Gasteiger charge is -2.27. The first-order valence-electron chi connectivity index (χ1n) is 11.3. The Morgan fingerprint density at radius 3 is 1.67 bits per heavy atom. The average molecular weight is 448 g/mol. The molecular formula is C22H41NO6S. The molecule has 0 aromatic rings. The van der Waals surface area contributed by atoms with Crippen LogP contribution < -0.4 is 0 Å². The minimum absolute atomic E-state index is 0.00442. The number of aliphatic carboxylic acids is 1. The second kappa shape index (κ2) is 18.6. The summed E-state index contributed by atoms with van der Waals surface area (Å²) in [5, 5.41) is 28.1. The number of imide groups is 1. The van der Waals surface area contributed by atoms with Crippen LogP contribution in [0.4, 0.5) is 0 Å². The molecule has 3 N–H and O–H groups in total. The maximum absolute atomic E-state index is 12.8. The number of hydrogen-bond acceptors (Lipinski definition) is 6. The number of unbranched alkanes of at least 4 members (excludes halogenated alkanes) is 8. The quantitative estimate of drug-likeness (QED) is 0.259. The molecule has 0 rings (SSSR count). The van der Waals surface area contributed by atoms with Crippen molar-refractivity contribution in [3.63, 3.8) is 0 Å². The van der Waals surface area contributed by atoms with Gasteiger partial charge < -0.3 is 15.3 Å². The van der Waals surface area contributed by atoms with Crippen molar-refractivity contribution < 1.29 is 29.7 Å². The number of carboxylic acids is 1. The van der Waals surface area contributed by atoms with Crippen molar-refractivity contribution in [1.82, 2.24) is 4.90 Å². The summed E-state index contributed by atoms with van der Waals surface area (Å²) in [6.45, 7) is 3.80. The molecule has 0 radical (unpaired) electrons. The van der Waals surface area contributed by atoms with E-state index in [1.807, 2.05) is 0 Å². The molecule has 0 aliphatic heterocycles. The normalized spacial score (nSPS) is 13.1. The lowest BCUT2D eigenvalue weighted by Crippen LogP contribution is -2.50. The maximum atomic E-state index is 12.8. The van der Waals surface area contributed by atoms with Gasteiger partial charge >= 0.3 is 5.97 Å². The average Bonchev–Trinajstić information content (AvgIpc) is 2.72. The van der Waals surface area contributed by atoms with Crippen LogP contribution in [0.5, 0.6) is 0 Å². The van der Waals surface area contributed by atoms with E-state index in [0.29, 0.717) is 12.8 Å². The molecule has 30 heavy (non-hydrogen) atoms. The van der Waals surface area contributed by atoms with Crippen LogP contribution in [0.25, 0.3) is 0 Å². The first kappa shape index (κ1) is 28.9. The monoisotopic (exact) mass is 447 g/mol. The summed E-state index contributed by atoms with van der Waals surface area (Å²) in [4.78, 5) is 38.4. The van der Waals surface area contributed by atoms with Gasteiger partial charge in [-0.3, -0.25) is 14.5 Å². The van der Waals surface area contributed by atoms with Gasteiger partial charge in [-0.25, -0.2) is 4.79 Å². The van der Waals surface area contributed by atoms with E-state index < -0.39 is 36.5 Å². The van der Waals surface area contributed by atoms with Crippen LogP contribution >= 0.6 is 11.8 Å². The van der Waals surface area contributed by atoms with Crippen LogP contribution in [0.15, 0.2) is 0 Å². The summed E-state index contributed by atoms with van der Waals surface area (Å²) < 4.78 is 0. The molecule has 8 heteroatoms. The molecule has 0 aliphatic carbocycles. The number of aliphatic hydroxyl groups is 2. The number of carbonyl (C=O) groups excluding carboxylic acids is 2. The summed E-state index contributed by atoms with van der Waals surface area (Å²) in [6.07, 6.45) is 8.83. The zero-order valence-electron chi connectivity index (χ0n) is 18.7. The van der Waals surface area contributed by atoms with Crippen molar-refractivity contribution in [2.75, 3.05) is 18.1 Å². The van der Waals surface area contributed by atoms with Gasteiger partial charge in [-0.05, 0) is 12.8 Å². The highest BCUT2D eigenvalue weighted by molar-refractivity contribution is 7.99. The lowest BCUT2D eigenvalue weighted by atomic mass is 10.1.